The molecule has 2 aromatic carbocycles. The fourth-order valence-electron chi connectivity index (χ4n) is 6.42. The van der Waals surface area contributed by atoms with Gasteiger partial charge < -0.3 is 15.5 Å². The molecule has 3 unspecified atom stereocenters. The second-order valence-electron chi connectivity index (χ2n) is 10.9. The molecule has 0 radical (unpaired) electrons. The molecule has 0 saturated heterocycles. The van der Waals surface area contributed by atoms with Crippen molar-refractivity contribution in [3.8, 4) is 0 Å². The molecule has 2 bridgehead atoms. The van der Waals surface area contributed by atoms with Gasteiger partial charge in [-0.15, -0.1) is 0 Å². The maximum absolute atomic E-state index is 13.9. The van der Waals surface area contributed by atoms with Crippen molar-refractivity contribution in [3.63, 3.8) is 0 Å². The summed E-state index contributed by atoms with van der Waals surface area (Å²) in [6.45, 7) is 3.73. The predicted octanol–water partition coefficient (Wildman–Crippen LogP) is 5.25. The van der Waals surface area contributed by atoms with E-state index in [9.17, 15) is 32.2 Å². The predicted molar refractivity (Wildman–Crippen MR) is 146 cm³/mol. The Bertz CT molecular complexity index is 1590. The number of anilines is 1. The normalized spacial score (nSPS) is 26.9. The molecule has 1 heterocycles. The minimum atomic E-state index is -4.06. The van der Waals surface area contributed by atoms with Gasteiger partial charge in [-0.05, 0) is 86.4 Å². The van der Waals surface area contributed by atoms with Crippen molar-refractivity contribution in [2.45, 2.75) is 55.0 Å². The average molecular weight is 591 g/mol. The third kappa shape index (κ3) is 4.91. The van der Waals surface area contributed by atoms with Crippen LogP contribution in [0, 0.1) is 36.3 Å². The van der Waals surface area contributed by atoms with Crippen molar-refractivity contribution in [3.05, 3.63) is 88.2 Å². The molecule has 0 aliphatic heterocycles. The summed E-state index contributed by atoms with van der Waals surface area (Å²) in [5, 5.41) is 24.6. The molecule has 40 heavy (non-hydrogen) atoms. The van der Waals surface area contributed by atoms with E-state index in [-0.39, 0.29) is 39.9 Å². The van der Waals surface area contributed by atoms with Crippen LogP contribution in [0.15, 0.2) is 59.5 Å². The molecular weight excluding hydrogens is 562 g/mol. The summed E-state index contributed by atoms with van der Waals surface area (Å²) in [6.07, 6.45) is -0.533. The quantitative estimate of drug-likeness (QED) is 0.361. The lowest BCUT2D eigenvalue weighted by Crippen LogP contribution is -2.52. The summed E-state index contributed by atoms with van der Waals surface area (Å²) in [4.78, 5) is 17.0. The summed E-state index contributed by atoms with van der Waals surface area (Å²) >= 11 is 6.32. The minimum absolute atomic E-state index is 0.00189. The van der Waals surface area contributed by atoms with Crippen LogP contribution in [-0.4, -0.2) is 40.4 Å². The lowest BCUT2D eigenvalue weighted by Gasteiger charge is -2.45. The van der Waals surface area contributed by atoms with Gasteiger partial charge in [-0.25, -0.2) is 17.2 Å². The minimum Gasteiger partial charge on any atom is -0.386 e. The van der Waals surface area contributed by atoms with Crippen LogP contribution in [-0.2, 0) is 9.84 Å². The monoisotopic (exact) mass is 590 g/mol. The van der Waals surface area contributed by atoms with Gasteiger partial charge in [0.2, 0.25) is 0 Å². The molecule has 2 aliphatic rings. The number of hydrogen-bond acceptors (Lipinski definition) is 6. The third-order valence-corrected chi connectivity index (χ3v) is 11.1. The highest BCUT2D eigenvalue weighted by molar-refractivity contribution is 7.92. The third-order valence-electron chi connectivity index (χ3n) is 8.40. The Hall–Kier alpha value is -2.92. The average Bonchev–Trinajstić information content (AvgIpc) is 3.02. The summed E-state index contributed by atoms with van der Waals surface area (Å²) in [5.74, 6) is -3.98. The highest BCUT2D eigenvalue weighted by Crippen LogP contribution is 2.58. The number of aryl methyl sites for hydroxylation is 1. The standard InChI is InChI=1S/C29H29ClF2N2O5S/c1-15-10-18-12-20(14-21(15)29(18,37)27(35)25-5-3-4-16(2)33-25)40(38,39)26-11-17(6-8-22(26)30)28(36)34-19-7-9-23(31)24(32)13-19/h3-9,11,13,15,18,20-21,27,35,37H,10,12,14H2,1-2H3,(H,34,36)/t15-,18?,20?,21?,27-,29+/m0/s1. The number of halogens is 3. The van der Waals surface area contributed by atoms with Gasteiger partial charge in [-0.3, -0.25) is 9.78 Å². The number of nitrogens with one attached hydrogen (secondary N) is 1. The van der Waals surface area contributed by atoms with E-state index >= 15 is 0 Å². The van der Waals surface area contributed by atoms with E-state index in [1.165, 1.54) is 24.3 Å². The largest absolute Gasteiger partial charge is 0.386 e. The molecular formula is C29H29ClF2N2O5S. The molecule has 1 amide bonds. The molecule has 3 aromatic rings. The Morgan fingerprint density at radius 2 is 1.85 bits per heavy atom. The van der Waals surface area contributed by atoms with E-state index in [4.69, 9.17) is 11.6 Å². The number of nitrogens with zero attached hydrogens (tertiary/aromatic N) is 1. The molecule has 7 nitrogen and oxygen atoms in total. The van der Waals surface area contributed by atoms with Crippen molar-refractivity contribution >= 4 is 33.0 Å². The highest BCUT2D eigenvalue weighted by atomic mass is 35.5. The SMILES string of the molecule is Cc1cccc([C@H](O)[C@@]2(O)C3CC(S(=O)(=O)c4cc(C(=O)Nc5ccc(F)c(F)c5)ccc4Cl)CC2[C@@H](C)C3)n1. The Labute approximate surface area is 236 Å². The summed E-state index contributed by atoms with van der Waals surface area (Å²) in [7, 11) is -4.06. The van der Waals surface area contributed by atoms with Crippen molar-refractivity contribution in [2.75, 3.05) is 5.32 Å². The fourth-order valence-corrected chi connectivity index (χ4v) is 8.79. The first-order valence-corrected chi connectivity index (χ1v) is 14.9. The molecule has 212 valence electrons. The number of aromatic nitrogens is 1. The van der Waals surface area contributed by atoms with Crippen LogP contribution in [0.1, 0.15) is 54.0 Å². The van der Waals surface area contributed by atoms with Crippen LogP contribution >= 0.6 is 11.6 Å². The molecule has 6 atom stereocenters. The van der Waals surface area contributed by atoms with E-state index in [1.807, 2.05) is 6.92 Å². The summed E-state index contributed by atoms with van der Waals surface area (Å²) < 4.78 is 54.6. The Morgan fingerprint density at radius 1 is 1.10 bits per heavy atom. The molecule has 2 fully saturated rings. The molecule has 5 rings (SSSR count). The Kier molecular flexibility index (Phi) is 7.50. The number of rotatable bonds is 6. The zero-order valence-electron chi connectivity index (χ0n) is 21.8. The lowest BCUT2D eigenvalue weighted by atomic mass is 9.69. The van der Waals surface area contributed by atoms with Crippen LogP contribution in [0.3, 0.4) is 0 Å². The maximum atomic E-state index is 13.9. The zero-order chi connectivity index (χ0) is 29.0. The number of aliphatic hydroxyl groups is 2. The van der Waals surface area contributed by atoms with Crippen molar-refractivity contribution < 1.29 is 32.2 Å². The number of hydrogen-bond donors (Lipinski definition) is 3. The number of carbonyl (C=O) groups excluding carboxylic acids is 1. The Balaban J connectivity index is 1.41. The second kappa shape index (κ2) is 10.5. The molecule has 11 heteroatoms. The number of sulfone groups is 1. The van der Waals surface area contributed by atoms with Gasteiger partial charge in [-0.1, -0.05) is 24.6 Å². The number of benzene rings is 2. The van der Waals surface area contributed by atoms with E-state index < -0.39 is 56.2 Å². The number of carbonyl (C=O) groups is 1. The van der Waals surface area contributed by atoms with Crippen LogP contribution in [0.5, 0.6) is 0 Å². The van der Waals surface area contributed by atoms with Gasteiger partial charge in [0.15, 0.2) is 21.5 Å². The first kappa shape index (κ1) is 28.6. The van der Waals surface area contributed by atoms with Gasteiger partial charge in [0.1, 0.15) is 11.7 Å². The van der Waals surface area contributed by atoms with E-state index in [2.05, 4.69) is 10.3 Å². The molecule has 0 spiro atoms. The summed E-state index contributed by atoms with van der Waals surface area (Å²) in [6, 6.07) is 11.9. The number of fused-ring (bicyclic) bond motifs is 2. The maximum Gasteiger partial charge on any atom is 0.255 e. The van der Waals surface area contributed by atoms with Crippen molar-refractivity contribution in [1.82, 2.24) is 4.98 Å². The van der Waals surface area contributed by atoms with Gasteiger partial charge in [0.25, 0.3) is 5.91 Å². The molecule has 3 N–H and O–H groups in total. The molecule has 2 saturated carbocycles. The second-order valence-corrected chi connectivity index (χ2v) is 13.5. The van der Waals surface area contributed by atoms with Crippen LogP contribution in [0.4, 0.5) is 14.5 Å². The van der Waals surface area contributed by atoms with Gasteiger partial charge in [0.05, 0.1) is 20.9 Å². The first-order valence-electron chi connectivity index (χ1n) is 13.0. The van der Waals surface area contributed by atoms with Crippen LogP contribution < -0.4 is 5.32 Å². The van der Waals surface area contributed by atoms with Crippen molar-refractivity contribution in [2.24, 2.45) is 17.8 Å². The number of pyridine rings is 1. The lowest BCUT2D eigenvalue weighted by molar-refractivity contribution is -0.149. The summed E-state index contributed by atoms with van der Waals surface area (Å²) in [5.41, 5.74) is -0.530. The zero-order valence-corrected chi connectivity index (χ0v) is 23.4. The Morgan fingerprint density at radius 3 is 2.52 bits per heavy atom. The molecule has 2 aliphatic carbocycles. The number of aliphatic hydroxyl groups excluding tert-OH is 1. The highest BCUT2D eigenvalue weighted by Gasteiger charge is 2.62. The van der Waals surface area contributed by atoms with E-state index in [0.717, 1.165) is 12.1 Å². The molecule has 1 aromatic heterocycles. The van der Waals surface area contributed by atoms with Gasteiger partial charge >= 0.3 is 0 Å². The number of amides is 1. The van der Waals surface area contributed by atoms with E-state index in [0.29, 0.717) is 17.8 Å². The van der Waals surface area contributed by atoms with Crippen LogP contribution in [0.25, 0.3) is 0 Å². The fraction of sp³-hybridized carbons (Fsp3) is 0.379. The van der Waals surface area contributed by atoms with Crippen LogP contribution in [0.2, 0.25) is 5.02 Å². The smallest absolute Gasteiger partial charge is 0.255 e. The van der Waals surface area contributed by atoms with Gasteiger partial charge in [0, 0.05) is 23.0 Å². The first-order chi connectivity index (χ1) is 18.8. The van der Waals surface area contributed by atoms with Crippen molar-refractivity contribution in [1.29, 1.82) is 0 Å². The topological polar surface area (TPSA) is 117 Å². The van der Waals surface area contributed by atoms with Gasteiger partial charge in [-0.2, -0.15) is 0 Å². The van der Waals surface area contributed by atoms with E-state index in [1.54, 1.807) is 25.1 Å².